The van der Waals surface area contributed by atoms with Gasteiger partial charge in [-0.15, -0.1) is 0 Å². The first-order valence-corrected chi connectivity index (χ1v) is 5.11. The van der Waals surface area contributed by atoms with Crippen molar-refractivity contribution in [3.8, 4) is 6.07 Å². The zero-order chi connectivity index (χ0) is 10.5. The summed E-state index contributed by atoms with van der Waals surface area (Å²) >= 11 is 0. The van der Waals surface area contributed by atoms with Crippen molar-refractivity contribution in [1.29, 1.82) is 5.26 Å². The molecule has 0 aliphatic heterocycles. The van der Waals surface area contributed by atoms with Gasteiger partial charge in [-0.1, -0.05) is 0 Å². The quantitative estimate of drug-likeness (QED) is 0.326. The summed E-state index contributed by atoms with van der Waals surface area (Å²) in [6.07, 6.45) is 0.581. The van der Waals surface area contributed by atoms with Gasteiger partial charge in [-0.3, -0.25) is 0 Å². The molecule has 5 heteroatoms. The molecule has 0 fully saturated rings. The largest absolute Gasteiger partial charge is 0.329 e. The Morgan fingerprint density at radius 3 is 1.86 bits per heavy atom. The van der Waals surface area contributed by atoms with Crippen molar-refractivity contribution in [2.24, 2.45) is 5.73 Å². The predicted octanol–water partition coefficient (Wildman–Crippen LogP) is -1.37. The average Bonchev–Trinajstić information content (AvgIpc) is 2.21. The number of hydrogen-bond donors (Lipinski definition) is 4. The molecule has 5 N–H and O–H groups in total. The highest BCUT2D eigenvalue weighted by molar-refractivity contribution is 4.70. The third-order valence-electron chi connectivity index (χ3n) is 1.69. The van der Waals surface area contributed by atoms with Crippen molar-refractivity contribution in [3.05, 3.63) is 0 Å². The van der Waals surface area contributed by atoms with E-state index in [0.29, 0.717) is 13.0 Å². The smallest absolute Gasteiger partial charge is 0.0635 e. The van der Waals surface area contributed by atoms with E-state index in [4.69, 9.17) is 11.0 Å². The van der Waals surface area contributed by atoms with E-state index in [-0.39, 0.29) is 0 Å². The summed E-state index contributed by atoms with van der Waals surface area (Å²) in [6, 6.07) is 2.09. The fourth-order valence-electron chi connectivity index (χ4n) is 0.975. The molecule has 0 radical (unpaired) electrons. The minimum absolute atomic E-state index is 0.581. The van der Waals surface area contributed by atoms with Crippen LogP contribution in [0.15, 0.2) is 0 Å². The summed E-state index contributed by atoms with van der Waals surface area (Å²) in [6.45, 7) is 6.12. The first kappa shape index (κ1) is 13.3. The molecular formula is C9H21N5. The molecule has 0 rings (SSSR count). The molecule has 0 amide bonds. The van der Waals surface area contributed by atoms with Crippen molar-refractivity contribution < 1.29 is 0 Å². The average molecular weight is 199 g/mol. The Labute approximate surface area is 86.0 Å². The van der Waals surface area contributed by atoms with Gasteiger partial charge in [-0.2, -0.15) is 5.26 Å². The number of hydrogen-bond acceptors (Lipinski definition) is 5. The summed E-state index contributed by atoms with van der Waals surface area (Å²) in [5, 5.41) is 17.9. The molecule has 0 aromatic carbocycles. The maximum Gasteiger partial charge on any atom is 0.0635 e. The Morgan fingerprint density at radius 2 is 1.36 bits per heavy atom. The van der Waals surface area contributed by atoms with E-state index in [2.05, 4.69) is 22.0 Å². The van der Waals surface area contributed by atoms with Gasteiger partial charge in [0.2, 0.25) is 0 Å². The SMILES string of the molecule is N#CCCNCCNCCNCCN. The molecule has 0 saturated heterocycles. The van der Waals surface area contributed by atoms with E-state index in [1.54, 1.807) is 0 Å². The van der Waals surface area contributed by atoms with Crippen LogP contribution in [0.3, 0.4) is 0 Å². The monoisotopic (exact) mass is 199 g/mol. The maximum atomic E-state index is 8.27. The summed E-state index contributed by atoms with van der Waals surface area (Å²) in [7, 11) is 0. The van der Waals surface area contributed by atoms with Crippen LogP contribution in [0, 0.1) is 11.3 Å². The van der Waals surface area contributed by atoms with Crippen LogP contribution in [0.4, 0.5) is 0 Å². The van der Waals surface area contributed by atoms with Gasteiger partial charge in [-0.25, -0.2) is 0 Å². The maximum absolute atomic E-state index is 8.27. The summed E-state index contributed by atoms with van der Waals surface area (Å²) in [4.78, 5) is 0. The molecule has 82 valence electrons. The molecule has 0 aliphatic carbocycles. The van der Waals surface area contributed by atoms with Crippen LogP contribution in [0.2, 0.25) is 0 Å². The molecule has 0 aromatic heterocycles. The first-order chi connectivity index (χ1) is 6.91. The molecule has 14 heavy (non-hydrogen) atoms. The fourth-order valence-corrected chi connectivity index (χ4v) is 0.975. The van der Waals surface area contributed by atoms with Crippen LogP contribution in [0.5, 0.6) is 0 Å². The minimum Gasteiger partial charge on any atom is -0.329 e. The lowest BCUT2D eigenvalue weighted by atomic mass is 10.4. The van der Waals surface area contributed by atoms with Gasteiger partial charge in [0.15, 0.2) is 0 Å². The lowest BCUT2D eigenvalue weighted by Crippen LogP contribution is -2.34. The van der Waals surface area contributed by atoms with Gasteiger partial charge in [0, 0.05) is 52.2 Å². The normalized spacial score (nSPS) is 10.0. The van der Waals surface area contributed by atoms with Gasteiger partial charge in [0.05, 0.1) is 6.07 Å². The second kappa shape index (κ2) is 12.3. The summed E-state index contributed by atoms with van der Waals surface area (Å²) in [5.74, 6) is 0. The van der Waals surface area contributed by atoms with E-state index in [1.165, 1.54) is 0 Å². The Morgan fingerprint density at radius 1 is 0.857 bits per heavy atom. The summed E-state index contributed by atoms with van der Waals surface area (Å²) < 4.78 is 0. The second-order valence-corrected chi connectivity index (χ2v) is 2.95. The zero-order valence-electron chi connectivity index (χ0n) is 8.68. The van der Waals surface area contributed by atoms with Gasteiger partial charge in [-0.05, 0) is 0 Å². The Hall–Kier alpha value is -0.670. The lowest BCUT2D eigenvalue weighted by Gasteiger charge is -2.05. The molecule has 0 unspecified atom stereocenters. The van der Waals surface area contributed by atoms with Crippen LogP contribution in [0.1, 0.15) is 6.42 Å². The molecule has 0 heterocycles. The van der Waals surface area contributed by atoms with Gasteiger partial charge in [0.1, 0.15) is 0 Å². The van der Waals surface area contributed by atoms with Crippen LogP contribution < -0.4 is 21.7 Å². The lowest BCUT2D eigenvalue weighted by molar-refractivity contribution is 0.586. The number of nitrogens with one attached hydrogen (secondary N) is 3. The predicted molar refractivity (Wildman–Crippen MR) is 57.9 cm³/mol. The second-order valence-electron chi connectivity index (χ2n) is 2.95. The highest BCUT2D eigenvalue weighted by atomic mass is 15.0. The Bertz CT molecular complexity index is 143. The van der Waals surface area contributed by atoms with Crippen LogP contribution in [0.25, 0.3) is 0 Å². The third kappa shape index (κ3) is 11.3. The standard InChI is InChI=1S/C9H21N5/c10-2-1-4-12-6-8-14-9-7-13-5-3-11/h12-14H,1,3-9,11H2. The summed E-state index contributed by atoms with van der Waals surface area (Å²) in [5.41, 5.74) is 5.32. The van der Waals surface area contributed by atoms with Gasteiger partial charge < -0.3 is 21.7 Å². The topological polar surface area (TPSA) is 85.9 Å². The number of nitrogens with two attached hydrogens (primary N) is 1. The van der Waals surface area contributed by atoms with Crippen molar-refractivity contribution >= 4 is 0 Å². The molecule has 0 saturated carbocycles. The molecule has 5 nitrogen and oxygen atoms in total. The van der Waals surface area contributed by atoms with Crippen LogP contribution >= 0.6 is 0 Å². The highest BCUT2D eigenvalue weighted by Crippen LogP contribution is 1.68. The zero-order valence-corrected chi connectivity index (χ0v) is 8.68. The van der Waals surface area contributed by atoms with E-state index >= 15 is 0 Å². The van der Waals surface area contributed by atoms with E-state index in [9.17, 15) is 0 Å². The Balaban J connectivity index is 2.82. The van der Waals surface area contributed by atoms with Crippen molar-refractivity contribution in [2.75, 3.05) is 45.8 Å². The number of nitrogens with zero attached hydrogens (tertiary/aromatic N) is 1. The van der Waals surface area contributed by atoms with E-state index < -0.39 is 0 Å². The Kier molecular flexibility index (Phi) is 11.7. The van der Waals surface area contributed by atoms with Crippen molar-refractivity contribution in [3.63, 3.8) is 0 Å². The minimum atomic E-state index is 0.581. The molecule has 0 bridgehead atoms. The van der Waals surface area contributed by atoms with Crippen LogP contribution in [-0.2, 0) is 0 Å². The molecule has 0 atom stereocenters. The number of rotatable bonds is 10. The number of nitriles is 1. The van der Waals surface area contributed by atoms with Crippen molar-refractivity contribution in [2.45, 2.75) is 6.42 Å². The molecule has 0 spiro atoms. The van der Waals surface area contributed by atoms with E-state index in [1.807, 2.05) is 0 Å². The third-order valence-corrected chi connectivity index (χ3v) is 1.69. The van der Waals surface area contributed by atoms with Crippen molar-refractivity contribution in [1.82, 2.24) is 16.0 Å². The molecule has 0 aromatic rings. The fraction of sp³-hybridized carbons (Fsp3) is 0.889. The van der Waals surface area contributed by atoms with Gasteiger partial charge >= 0.3 is 0 Å². The highest BCUT2D eigenvalue weighted by Gasteiger charge is 1.88. The van der Waals surface area contributed by atoms with Crippen LogP contribution in [-0.4, -0.2) is 45.8 Å². The first-order valence-electron chi connectivity index (χ1n) is 5.11. The molecular weight excluding hydrogens is 178 g/mol. The molecule has 0 aliphatic rings. The van der Waals surface area contributed by atoms with E-state index in [0.717, 1.165) is 39.3 Å². The van der Waals surface area contributed by atoms with Gasteiger partial charge in [0.25, 0.3) is 0 Å².